The Kier molecular flexibility index (Phi) is 8.69. The van der Waals surface area contributed by atoms with Gasteiger partial charge in [-0.1, -0.05) is 51.7 Å². The summed E-state index contributed by atoms with van der Waals surface area (Å²) in [5, 5.41) is 16.6. The molecule has 214 valence electrons. The number of carbonyl (C=O) groups is 2. The van der Waals surface area contributed by atoms with Crippen molar-refractivity contribution < 1.29 is 32.8 Å². The van der Waals surface area contributed by atoms with Crippen LogP contribution in [0.5, 0.6) is 0 Å². The van der Waals surface area contributed by atoms with E-state index < -0.39 is 24.0 Å². The molecular weight excluding hydrogens is 584 g/mol. The van der Waals surface area contributed by atoms with Gasteiger partial charge in [0, 0.05) is 40.7 Å². The van der Waals surface area contributed by atoms with E-state index in [1.54, 1.807) is 31.3 Å². The third-order valence-electron chi connectivity index (χ3n) is 6.55. The normalized spacial score (nSPS) is 17.1. The molecule has 0 saturated carbocycles. The number of ketones is 1. The summed E-state index contributed by atoms with van der Waals surface area (Å²) in [5.41, 5.74) is -1.91. The number of rotatable bonds is 8. The number of hydrogen-bond acceptors (Lipinski definition) is 7. The van der Waals surface area contributed by atoms with Crippen LogP contribution in [0.1, 0.15) is 41.3 Å². The summed E-state index contributed by atoms with van der Waals surface area (Å²) in [6.45, 7) is 2.58. The maximum atomic E-state index is 14.3. The molecule has 1 aliphatic heterocycles. The maximum absolute atomic E-state index is 14.3. The number of nitrogens with zero attached hydrogens (tertiary/aromatic N) is 4. The molecule has 13 heteroatoms. The predicted molar refractivity (Wildman–Crippen MR) is 146 cm³/mol. The van der Waals surface area contributed by atoms with Gasteiger partial charge in [0.2, 0.25) is 11.7 Å². The standard InChI is InChI=1S/C28H23Cl2F3N4O4/c1-16-9-18(24-13-27(41-36-24,28(31,32)33)19-10-20(29)12-21(30)11-19)6-7-23(16)26(35-40)25(39)15-37(17(2)38)14-22-5-3-4-8-34-22/h3-12,40H,13-15H2,1-2H3/b35-26+. The average molecular weight is 607 g/mol. The Morgan fingerprint density at radius 2 is 1.83 bits per heavy atom. The molecule has 2 aromatic carbocycles. The zero-order chi connectivity index (χ0) is 29.9. The van der Waals surface area contributed by atoms with Crippen LogP contribution < -0.4 is 0 Å². The highest BCUT2D eigenvalue weighted by atomic mass is 35.5. The Hall–Kier alpha value is -3.96. The molecule has 0 fully saturated rings. The van der Waals surface area contributed by atoms with Gasteiger partial charge in [-0.05, 0) is 54.4 Å². The summed E-state index contributed by atoms with van der Waals surface area (Å²) >= 11 is 11.9. The van der Waals surface area contributed by atoms with E-state index >= 15 is 0 Å². The first-order chi connectivity index (χ1) is 19.3. The number of carbonyl (C=O) groups excluding carboxylic acids is 2. The van der Waals surface area contributed by atoms with E-state index in [4.69, 9.17) is 28.0 Å². The molecule has 8 nitrogen and oxygen atoms in total. The number of alkyl halides is 3. The van der Waals surface area contributed by atoms with Crippen LogP contribution in [0.15, 0.2) is 71.1 Å². The zero-order valence-electron chi connectivity index (χ0n) is 21.7. The van der Waals surface area contributed by atoms with Crippen LogP contribution in [0, 0.1) is 6.92 Å². The second kappa shape index (κ2) is 11.9. The predicted octanol–water partition coefficient (Wildman–Crippen LogP) is 6.08. The van der Waals surface area contributed by atoms with Gasteiger partial charge in [0.15, 0.2) is 5.71 Å². The second-order valence-electron chi connectivity index (χ2n) is 9.39. The van der Waals surface area contributed by atoms with Crippen molar-refractivity contribution in [3.8, 4) is 0 Å². The van der Waals surface area contributed by atoms with Crippen LogP contribution in [0.25, 0.3) is 0 Å². The molecular formula is C28H23Cl2F3N4O4. The number of Topliss-reactive ketones (excluding diaryl/α,β-unsaturated/α-hetero) is 1. The molecule has 4 rings (SSSR count). The van der Waals surface area contributed by atoms with Gasteiger partial charge < -0.3 is 14.9 Å². The van der Waals surface area contributed by atoms with Gasteiger partial charge in [0.1, 0.15) is 0 Å². The molecule has 0 radical (unpaired) electrons. The average Bonchev–Trinajstić information content (AvgIpc) is 3.37. The Bertz CT molecular complexity index is 1530. The van der Waals surface area contributed by atoms with E-state index in [0.717, 1.165) is 12.1 Å². The molecule has 1 aliphatic rings. The van der Waals surface area contributed by atoms with Gasteiger partial charge in [-0.2, -0.15) is 13.2 Å². The van der Waals surface area contributed by atoms with Crippen molar-refractivity contribution in [2.75, 3.05) is 6.54 Å². The Morgan fingerprint density at radius 1 is 1.12 bits per heavy atom. The van der Waals surface area contributed by atoms with Gasteiger partial charge in [-0.3, -0.25) is 14.6 Å². The lowest BCUT2D eigenvalue weighted by molar-refractivity contribution is -0.275. The third-order valence-corrected chi connectivity index (χ3v) is 6.99. The van der Waals surface area contributed by atoms with Crippen LogP contribution in [0.2, 0.25) is 10.0 Å². The van der Waals surface area contributed by atoms with E-state index in [0.29, 0.717) is 16.8 Å². The number of amides is 1. The summed E-state index contributed by atoms with van der Waals surface area (Å²) in [4.78, 5) is 35.7. The SMILES string of the molecule is CC(=O)N(CC(=O)/C(=N/O)c1ccc(C2=NOC(c3cc(Cl)cc(Cl)c3)(C(F)(F)F)C2)cc1C)Cc1ccccn1. The molecule has 1 N–H and O–H groups in total. The van der Waals surface area contributed by atoms with E-state index in [-0.39, 0.29) is 51.6 Å². The van der Waals surface area contributed by atoms with Crippen molar-refractivity contribution in [2.45, 2.75) is 38.6 Å². The first-order valence-corrected chi connectivity index (χ1v) is 12.9. The van der Waals surface area contributed by atoms with Gasteiger partial charge in [0.05, 0.1) is 24.5 Å². The number of pyridine rings is 1. The molecule has 1 atom stereocenters. The zero-order valence-corrected chi connectivity index (χ0v) is 23.3. The molecule has 0 bridgehead atoms. The minimum absolute atomic E-state index is 0.00000246. The van der Waals surface area contributed by atoms with Crippen LogP contribution in [0.4, 0.5) is 13.2 Å². The molecule has 0 saturated heterocycles. The monoisotopic (exact) mass is 606 g/mol. The Labute approximate surface area is 243 Å². The summed E-state index contributed by atoms with van der Waals surface area (Å²) in [6.07, 6.45) is -3.96. The topological polar surface area (TPSA) is 104 Å². The van der Waals surface area contributed by atoms with Crippen LogP contribution in [-0.2, 0) is 26.6 Å². The summed E-state index contributed by atoms with van der Waals surface area (Å²) in [6, 6.07) is 13.1. The second-order valence-corrected chi connectivity index (χ2v) is 10.3. The smallest absolute Gasteiger partial charge is 0.410 e. The Morgan fingerprint density at radius 3 is 2.39 bits per heavy atom. The van der Waals surface area contributed by atoms with E-state index in [1.165, 1.54) is 36.1 Å². The number of halogens is 5. The van der Waals surface area contributed by atoms with Gasteiger partial charge in [-0.15, -0.1) is 0 Å². The molecule has 2 heterocycles. The quantitative estimate of drug-likeness (QED) is 0.190. The van der Waals surface area contributed by atoms with Crippen molar-refractivity contribution in [1.82, 2.24) is 9.88 Å². The van der Waals surface area contributed by atoms with Crippen LogP contribution >= 0.6 is 23.2 Å². The van der Waals surface area contributed by atoms with Crippen molar-refractivity contribution >= 4 is 46.3 Å². The largest absolute Gasteiger partial charge is 0.435 e. The first-order valence-electron chi connectivity index (χ1n) is 12.1. The lowest BCUT2D eigenvalue weighted by Crippen LogP contribution is -2.42. The third kappa shape index (κ3) is 6.36. The number of benzene rings is 2. The highest BCUT2D eigenvalue weighted by molar-refractivity contribution is 6.47. The van der Waals surface area contributed by atoms with E-state index in [2.05, 4.69) is 15.3 Å². The molecule has 1 aromatic heterocycles. The molecule has 0 aliphatic carbocycles. The van der Waals surface area contributed by atoms with Crippen molar-refractivity contribution in [3.63, 3.8) is 0 Å². The van der Waals surface area contributed by atoms with Crippen molar-refractivity contribution in [2.24, 2.45) is 10.3 Å². The lowest BCUT2D eigenvalue weighted by atomic mass is 9.86. The van der Waals surface area contributed by atoms with Gasteiger partial charge in [0.25, 0.3) is 5.60 Å². The summed E-state index contributed by atoms with van der Waals surface area (Å²) < 4.78 is 43.0. The van der Waals surface area contributed by atoms with Crippen molar-refractivity contribution in [3.05, 3.63) is 98.8 Å². The lowest BCUT2D eigenvalue weighted by Gasteiger charge is -2.29. The van der Waals surface area contributed by atoms with Gasteiger partial charge >= 0.3 is 6.18 Å². The Balaban J connectivity index is 1.57. The summed E-state index contributed by atoms with van der Waals surface area (Å²) in [7, 11) is 0. The van der Waals surface area contributed by atoms with E-state index in [1.807, 2.05) is 0 Å². The molecule has 1 unspecified atom stereocenters. The highest BCUT2D eigenvalue weighted by Gasteiger charge is 2.62. The van der Waals surface area contributed by atoms with Crippen LogP contribution in [0.3, 0.4) is 0 Å². The number of aromatic nitrogens is 1. The van der Waals surface area contributed by atoms with E-state index in [9.17, 15) is 28.0 Å². The fourth-order valence-corrected chi connectivity index (χ4v) is 4.95. The fourth-order valence-electron chi connectivity index (χ4n) is 4.43. The minimum Gasteiger partial charge on any atom is -0.410 e. The van der Waals surface area contributed by atoms with Gasteiger partial charge in [-0.25, -0.2) is 0 Å². The molecule has 0 spiro atoms. The summed E-state index contributed by atoms with van der Waals surface area (Å²) in [5.74, 6) is -1.04. The number of aryl methyl sites for hydroxylation is 1. The number of hydrogen-bond donors (Lipinski definition) is 1. The van der Waals surface area contributed by atoms with Crippen molar-refractivity contribution in [1.29, 1.82) is 0 Å². The molecule has 3 aromatic rings. The molecule has 41 heavy (non-hydrogen) atoms. The number of oxime groups is 2. The molecule has 1 amide bonds. The van der Waals surface area contributed by atoms with Crippen LogP contribution in [-0.4, -0.2) is 50.9 Å². The first kappa shape index (κ1) is 30.0. The maximum Gasteiger partial charge on any atom is 0.435 e. The minimum atomic E-state index is -4.86. The highest BCUT2D eigenvalue weighted by Crippen LogP contribution is 2.49. The fraction of sp³-hybridized carbons (Fsp3) is 0.250.